The highest BCUT2D eigenvalue weighted by molar-refractivity contribution is 5.81. The summed E-state index contributed by atoms with van der Waals surface area (Å²) in [5.41, 5.74) is 5.08. The van der Waals surface area contributed by atoms with Crippen molar-refractivity contribution in [3.63, 3.8) is 0 Å². The molecule has 126 valence electrons. The monoisotopic (exact) mass is 340 g/mol. The predicted octanol–water partition coefficient (Wildman–Crippen LogP) is 3.83. The highest BCUT2D eigenvalue weighted by atomic mass is 16.1. The quantitative estimate of drug-likeness (QED) is 0.454. The molecular formula is C21H16N4O. The van der Waals surface area contributed by atoms with E-state index in [0.717, 1.165) is 11.3 Å². The number of nitrogens with zero attached hydrogens (tertiary/aromatic N) is 3. The third kappa shape index (κ3) is 3.10. The molecule has 0 fully saturated rings. The molecule has 5 heteroatoms. The maximum Gasteiger partial charge on any atom is 0.267 e. The Morgan fingerprint density at radius 1 is 0.846 bits per heavy atom. The van der Waals surface area contributed by atoms with E-state index in [1.54, 1.807) is 12.3 Å². The third-order valence-corrected chi connectivity index (χ3v) is 3.97. The van der Waals surface area contributed by atoms with Crippen molar-refractivity contribution in [3.8, 4) is 5.69 Å². The van der Waals surface area contributed by atoms with E-state index in [1.807, 2.05) is 78.9 Å². The lowest BCUT2D eigenvalue weighted by Gasteiger charge is -2.12. The lowest BCUT2D eigenvalue weighted by atomic mass is 10.2. The van der Waals surface area contributed by atoms with E-state index in [4.69, 9.17) is 0 Å². The first kappa shape index (κ1) is 15.8. The minimum Gasteiger partial charge on any atom is -0.268 e. The van der Waals surface area contributed by atoms with Gasteiger partial charge in [-0.05, 0) is 29.8 Å². The number of hydrogen-bond donors (Lipinski definition) is 1. The molecule has 0 aliphatic carbocycles. The van der Waals surface area contributed by atoms with Crippen LogP contribution in [-0.2, 0) is 0 Å². The van der Waals surface area contributed by atoms with Crippen molar-refractivity contribution >= 4 is 23.1 Å². The van der Waals surface area contributed by atoms with Gasteiger partial charge >= 0.3 is 0 Å². The van der Waals surface area contributed by atoms with Gasteiger partial charge in [0.05, 0.1) is 22.8 Å². The van der Waals surface area contributed by atoms with Gasteiger partial charge in [-0.25, -0.2) is 15.0 Å². The standard InChI is InChI=1S/C21H16N4O/c26-20-18-13-7-8-14-19(18)23-21(25(20)17-11-5-2-6-12-17)24-22-15-16-9-3-1-4-10-16/h1-15H,(H,23,24)/b22-15+. The highest BCUT2D eigenvalue weighted by Gasteiger charge is 2.11. The summed E-state index contributed by atoms with van der Waals surface area (Å²) in [6.07, 6.45) is 1.69. The van der Waals surface area contributed by atoms with Crippen molar-refractivity contribution < 1.29 is 0 Å². The maximum atomic E-state index is 13.0. The highest BCUT2D eigenvalue weighted by Crippen LogP contribution is 2.16. The van der Waals surface area contributed by atoms with E-state index in [-0.39, 0.29) is 5.56 Å². The Bertz CT molecular complexity index is 1120. The SMILES string of the molecule is O=c1c2ccccc2nc(N/N=C/c2ccccc2)n1-c1ccccc1. The summed E-state index contributed by atoms with van der Waals surface area (Å²) in [5.74, 6) is 0.368. The summed E-state index contributed by atoms with van der Waals surface area (Å²) in [6.45, 7) is 0. The van der Waals surface area contributed by atoms with E-state index in [9.17, 15) is 4.79 Å². The molecule has 0 amide bonds. The summed E-state index contributed by atoms with van der Waals surface area (Å²) in [4.78, 5) is 17.6. The van der Waals surface area contributed by atoms with Crippen molar-refractivity contribution in [3.05, 3.63) is 101 Å². The van der Waals surface area contributed by atoms with E-state index in [1.165, 1.54) is 4.57 Å². The molecule has 1 N–H and O–H groups in total. The number of benzene rings is 3. The zero-order chi connectivity index (χ0) is 17.8. The molecule has 0 spiro atoms. The molecule has 0 saturated carbocycles. The number of hydrazone groups is 1. The molecule has 4 aromatic rings. The smallest absolute Gasteiger partial charge is 0.267 e. The minimum atomic E-state index is -0.140. The van der Waals surface area contributed by atoms with Gasteiger partial charge in [-0.1, -0.05) is 60.7 Å². The minimum absolute atomic E-state index is 0.140. The van der Waals surface area contributed by atoms with Crippen LogP contribution in [0, 0.1) is 0 Å². The average Bonchev–Trinajstić information content (AvgIpc) is 2.70. The van der Waals surface area contributed by atoms with Crippen LogP contribution in [0.25, 0.3) is 16.6 Å². The second-order valence-electron chi connectivity index (χ2n) is 5.71. The number of nitrogens with one attached hydrogen (secondary N) is 1. The van der Waals surface area contributed by atoms with Crippen LogP contribution in [-0.4, -0.2) is 15.8 Å². The Kier molecular flexibility index (Phi) is 4.26. The van der Waals surface area contributed by atoms with Gasteiger partial charge < -0.3 is 0 Å². The molecule has 0 saturated heterocycles. The van der Waals surface area contributed by atoms with Gasteiger partial charge in [-0.3, -0.25) is 4.79 Å². The molecule has 3 aromatic carbocycles. The van der Waals surface area contributed by atoms with Gasteiger partial charge in [0.25, 0.3) is 5.56 Å². The van der Waals surface area contributed by atoms with Crippen LogP contribution >= 0.6 is 0 Å². The van der Waals surface area contributed by atoms with Gasteiger partial charge in [0, 0.05) is 0 Å². The zero-order valence-corrected chi connectivity index (χ0v) is 13.9. The van der Waals surface area contributed by atoms with Gasteiger partial charge in [0.15, 0.2) is 0 Å². The van der Waals surface area contributed by atoms with Crippen LogP contribution in [0.4, 0.5) is 5.95 Å². The van der Waals surface area contributed by atoms with E-state index in [2.05, 4.69) is 15.5 Å². The van der Waals surface area contributed by atoms with Crippen molar-refractivity contribution in [1.82, 2.24) is 9.55 Å². The number of fused-ring (bicyclic) bond motifs is 1. The first-order valence-corrected chi connectivity index (χ1v) is 8.24. The second-order valence-corrected chi connectivity index (χ2v) is 5.71. The molecule has 5 nitrogen and oxygen atoms in total. The van der Waals surface area contributed by atoms with Gasteiger partial charge in [-0.2, -0.15) is 5.10 Å². The second kappa shape index (κ2) is 7.03. The van der Waals surface area contributed by atoms with E-state index >= 15 is 0 Å². The number of rotatable bonds is 4. The van der Waals surface area contributed by atoms with E-state index in [0.29, 0.717) is 16.9 Å². The Morgan fingerprint density at radius 3 is 2.27 bits per heavy atom. The lowest BCUT2D eigenvalue weighted by molar-refractivity contribution is 0.956. The summed E-state index contributed by atoms with van der Waals surface area (Å²) in [5, 5.41) is 4.81. The fraction of sp³-hybridized carbons (Fsp3) is 0. The molecule has 1 heterocycles. The first-order valence-electron chi connectivity index (χ1n) is 8.24. The predicted molar refractivity (Wildman–Crippen MR) is 105 cm³/mol. The largest absolute Gasteiger partial charge is 0.268 e. The number of anilines is 1. The summed E-state index contributed by atoms with van der Waals surface area (Å²) in [7, 11) is 0. The van der Waals surface area contributed by atoms with Crippen molar-refractivity contribution in [2.75, 3.05) is 5.43 Å². The topological polar surface area (TPSA) is 59.3 Å². The molecule has 0 radical (unpaired) electrons. The molecule has 4 rings (SSSR count). The number of para-hydroxylation sites is 2. The first-order chi connectivity index (χ1) is 12.8. The average molecular weight is 340 g/mol. The van der Waals surface area contributed by atoms with Gasteiger partial charge in [-0.15, -0.1) is 0 Å². The van der Waals surface area contributed by atoms with Crippen LogP contribution < -0.4 is 11.0 Å². The summed E-state index contributed by atoms with van der Waals surface area (Å²) >= 11 is 0. The Morgan fingerprint density at radius 2 is 1.50 bits per heavy atom. The van der Waals surface area contributed by atoms with Crippen LogP contribution in [0.2, 0.25) is 0 Å². The van der Waals surface area contributed by atoms with Crippen molar-refractivity contribution in [2.45, 2.75) is 0 Å². The normalized spacial score (nSPS) is 11.1. The van der Waals surface area contributed by atoms with Gasteiger partial charge in [0.1, 0.15) is 0 Å². The Balaban J connectivity index is 1.82. The third-order valence-electron chi connectivity index (χ3n) is 3.97. The molecule has 0 unspecified atom stereocenters. The summed E-state index contributed by atoms with van der Waals surface area (Å²) < 4.78 is 1.53. The van der Waals surface area contributed by atoms with Crippen LogP contribution in [0.5, 0.6) is 0 Å². The van der Waals surface area contributed by atoms with Crippen LogP contribution in [0.1, 0.15) is 5.56 Å². The number of hydrogen-bond acceptors (Lipinski definition) is 4. The molecule has 0 atom stereocenters. The van der Waals surface area contributed by atoms with Crippen LogP contribution in [0.3, 0.4) is 0 Å². The number of aromatic nitrogens is 2. The summed E-state index contributed by atoms with van der Waals surface area (Å²) in [6, 6.07) is 26.4. The maximum absolute atomic E-state index is 13.0. The fourth-order valence-corrected chi connectivity index (χ4v) is 2.73. The Labute approximate surface area is 150 Å². The van der Waals surface area contributed by atoms with Gasteiger partial charge in [0.2, 0.25) is 5.95 Å². The van der Waals surface area contributed by atoms with Crippen molar-refractivity contribution in [2.24, 2.45) is 5.10 Å². The molecule has 0 aliphatic heterocycles. The zero-order valence-electron chi connectivity index (χ0n) is 13.9. The fourth-order valence-electron chi connectivity index (χ4n) is 2.73. The molecule has 0 aliphatic rings. The molecule has 1 aromatic heterocycles. The Hall–Kier alpha value is -3.73. The van der Waals surface area contributed by atoms with E-state index < -0.39 is 0 Å². The van der Waals surface area contributed by atoms with Crippen LogP contribution in [0.15, 0.2) is 94.8 Å². The lowest BCUT2D eigenvalue weighted by Crippen LogP contribution is -2.22. The molecule has 26 heavy (non-hydrogen) atoms. The van der Waals surface area contributed by atoms with Crippen molar-refractivity contribution in [1.29, 1.82) is 0 Å². The molecule has 0 bridgehead atoms. The molecular weight excluding hydrogens is 324 g/mol.